The van der Waals surface area contributed by atoms with Crippen molar-refractivity contribution in [1.29, 1.82) is 0 Å². The van der Waals surface area contributed by atoms with E-state index in [1.54, 1.807) is 18.0 Å². The van der Waals surface area contributed by atoms with Gasteiger partial charge in [-0.05, 0) is 72.3 Å². The van der Waals surface area contributed by atoms with Crippen LogP contribution in [0.2, 0.25) is 0 Å². The molecule has 2 aliphatic carbocycles. The normalized spacial score (nSPS) is 26.0. The van der Waals surface area contributed by atoms with E-state index in [9.17, 15) is 15.0 Å². The maximum atomic E-state index is 14.0. The number of ether oxygens (including phenoxy) is 4. The summed E-state index contributed by atoms with van der Waals surface area (Å²) in [6.45, 7) is 14.8. The van der Waals surface area contributed by atoms with Crippen LogP contribution in [0.4, 0.5) is 4.79 Å². The molecule has 1 saturated carbocycles. The second kappa shape index (κ2) is 19.0. The highest BCUT2D eigenvalue weighted by Crippen LogP contribution is 2.61. The summed E-state index contributed by atoms with van der Waals surface area (Å²) >= 11 is 0. The first-order valence-corrected chi connectivity index (χ1v) is 20.6. The first kappa shape index (κ1) is 41.7. The van der Waals surface area contributed by atoms with E-state index < -0.39 is 23.8 Å². The van der Waals surface area contributed by atoms with Gasteiger partial charge in [0.2, 0.25) is 5.79 Å². The van der Waals surface area contributed by atoms with Gasteiger partial charge in [0.1, 0.15) is 30.8 Å². The van der Waals surface area contributed by atoms with Gasteiger partial charge >= 0.3 is 6.09 Å². The van der Waals surface area contributed by atoms with Crippen molar-refractivity contribution in [3.63, 3.8) is 0 Å². The molecule has 11 heteroatoms. The lowest BCUT2D eigenvalue weighted by Gasteiger charge is -2.59. The van der Waals surface area contributed by atoms with Gasteiger partial charge in [0.05, 0.1) is 24.8 Å². The first-order valence-electron chi connectivity index (χ1n) is 20.6. The molecule has 2 aromatic rings. The maximum Gasteiger partial charge on any atom is 0.410 e. The van der Waals surface area contributed by atoms with Gasteiger partial charge in [-0.25, -0.2) is 4.79 Å². The Kier molecular flexibility index (Phi) is 14.2. The Bertz CT molecular complexity index is 1670. The third kappa shape index (κ3) is 9.96. The Morgan fingerprint density at radius 2 is 1.82 bits per heavy atom. The number of carbonyl (C=O) groups is 1. The number of nitrogens with zero attached hydrogens (tertiary/aromatic N) is 3. The molecule has 6 rings (SSSR count). The van der Waals surface area contributed by atoms with Crippen molar-refractivity contribution in [3.8, 4) is 11.5 Å². The smallest absolute Gasteiger partial charge is 0.410 e. The summed E-state index contributed by atoms with van der Waals surface area (Å²) in [5.41, 5.74) is 3.54. The van der Waals surface area contributed by atoms with E-state index in [1.165, 1.54) is 0 Å². The molecule has 2 aliphatic heterocycles. The summed E-state index contributed by atoms with van der Waals surface area (Å²) in [5.74, 6) is -0.121. The van der Waals surface area contributed by atoms with Crippen molar-refractivity contribution in [3.05, 3.63) is 84.0 Å². The molecule has 0 aromatic heterocycles. The van der Waals surface area contributed by atoms with E-state index in [2.05, 4.69) is 23.6 Å². The predicted molar refractivity (Wildman–Crippen MR) is 217 cm³/mol. The second-order valence-electron chi connectivity index (χ2n) is 16.9. The van der Waals surface area contributed by atoms with E-state index in [1.807, 2.05) is 63.2 Å². The molecule has 2 aromatic carbocycles. The van der Waals surface area contributed by atoms with Gasteiger partial charge in [-0.2, -0.15) is 0 Å². The Balaban J connectivity index is 1.51. The highest BCUT2D eigenvalue weighted by molar-refractivity contribution is 6.02. The maximum absolute atomic E-state index is 14.0. The lowest BCUT2D eigenvalue weighted by molar-refractivity contribution is -0.253. The van der Waals surface area contributed by atoms with Crippen molar-refractivity contribution >= 4 is 11.8 Å². The number of oxime groups is 1. The summed E-state index contributed by atoms with van der Waals surface area (Å²) in [6.07, 6.45) is 8.75. The number of amides is 1. The number of likely N-dealkylation sites (N-methyl/N-ethyl adjacent to an activating group) is 1. The SMILES string of the molecule is C=CCO[C@@]12Oc3ccc(OCCN4CC4)cc3[C@H]3[C@H](CCCCO)[C@@H](CCCCO)C=C(C(=NOCc4ccccc4)C[C@@H]1N(C)C(=O)OCC(C)(C)C)[C@H]32. The van der Waals surface area contributed by atoms with E-state index in [0.29, 0.717) is 38.2 Å². The first-order chi connectivity index (χ1) is 27.1. The van der Waals surface area contributed by atoms with Crippen LogP contribution in [-0.4, -0.2) is 103 Å². The molecular formula is C45H63N3O8. The lowest BCUT2D eigenvalue weighted by atomic mass is 9.55. The van der Waals surface area contributed by atoms with Gasteiger partial charge in [-0.3, -0.25) is 4.90 Å². The molecule has 11 nitrogen and oxygen atoms in total. The molecule has 0 bridgehead atoms. The molecule has 4 aliphatic rings. The zero-order valence-corrected chi connectivity index (χ0v) is 33.9. The van der Waals surface area contributed by atoms with Crippen LogP contribution < -0.4 is 9.47 Å². The second-order valence-corrected chi connectivity index (χ2v) is 16.9. The number of rotatable bonds is 20. The van der Waals surface area contributed by atoms with Crippen LogP contribution in [0.1, 0.15) is 82.8 Å². The van der Waals surface area contributed by atoms with Crippen LogP contribution in [0, 0.1) is 23.2 Å². The third-order valence-corrected chi connectivity index (χ3v) is 11.5. The Hall–Kier alpha value is -3.90. The average molecular weight is 774 g/mol. The van der Waals surface area contributed by atoms with Crippen LogP contribution in [0.5, 0.6) is 11.5 Å². The van der Waals surface area contributed by atoms with Gasteiger partial charge in [0.25, 0.3) is 0 Å². The van der Waals surface area contributed by atoms with Gasteiger partial charge in [-0.15, -0.1) is 6.58 Å². The zero-order chi connectivity index (χ0) is 39.7. The number of unbranched alkanes of at least 4 members (excludes halogenated alkanes) is 2. The molecule has 6 atom stereocenters. The molecule has 0 spiro atoms. The summed E-state index contributed by atoms with van der Waals surface area (Å²) in [6, 6.07) is 15.4. The third-order valence-electron chi connectivity index (χ3n) is 11.5. The minimum atomic E-state index is -1.33. The van der Waals surface area contributed by atoms with Crippen LogP contribution in [0.15, 0.2) is 78.0 Å². The van der Waals surface area contributed by atoms with E-state index in [4.69, 9.17) is 28.9 Å². The fourth-order valence-corrected chi connectivity index (χ4v) is 8.67. The summed E-state index contributed by atoms with van der Waals surface area (Å²) < 4.78 is 26.5. The monoisotopic (exact) mass is 773 g/mol. The van der Waals surface area contributed by atoms with Crippen molar-refractivity contribution in [1.82, 2.24) is 9.80 Å². The highest BCUT2D eigenvalue weighted by Gasteiger charge is 2.65. The Morgan fingerprint density at radius 3 is 2.52 bits per heavy atom. The molecule has 2 fully saturated rings. The van der Waals surface area contributed by atoms with Gasteiger partial charge in [0.15, 0.2) is 0 Å². The summed E-state index contributed by atoms with van der Waals surface area (Å²) in [4.78, 5) is 24.1. The molecule has 306 valence electrons. The fourth-order valence-electron chi connectivity index (χ4n) is 8.67. The predicted octanol–water partition coefficient (Wildman–Crippen LogP) is 7.33. The van der Waals surface area contributed by atoms with Crippen molar-refractivity contribution in [2.45, 2.75) is 90.1 Å². The molecule has 2 heterocycles. The molecule has 1 saturated heterocycles. The molecule has 1 amide bonds. The van der Waals surface area contributed by atoms with E-state index in [0.717, 1.165) is 73.5 Å². The number of allylic oxidation sites excluding steroid dienone is 1. The van der Waals surface area contributed by atoms with E-state index >= 15 is 0 Å². The van der Waals surface area contributed by atoms with Gasteiger partial charge in [-0.1, -0.05) is 81.3 Å². The number of fused-ring (bicyclic) bond motifs is 2. The lowest BCUT2D eigenvalue weighted by Crippen LogP contribution is -2.69. The van der Waals surface area contributed by atoms with Crippen molar-refractivity contribution in [2.24, 2.45) is 28.3 Å². The number of aliphatic hydroxyl groups is 2. The Morgan fingerprint density at radius 1 is 1.07 bits per heavy atom. The van der Waals surface area contributed by atoms with Crippen LogP contribution in [0.3, 0.4) is 0 Å². The summed E-state index contributed by atoms with van der Waals surface area (Å²) in [7, 11) is 1.76. The quantitative estimate of drug-likeness (QED) is 0.0617. The topological polar surface area (TPSA) is 122 Å². The van der Waals surface area contributed by atoms with Crippen LogP contribution >= 0.6 is 0 Å². The highest BCUT2D eigenvalue weighted by atomic mass is 16.7. The minimum Gasteiger partial charge on any atom is -0.492 e. The van der Waals surface area contributed by atoms with E-state index in [-0.39, 0.29) is 49.6 Å². The standard InChI is InChI=1S/C45H63N3O8/c1-6-25-54-45-40(47(5)43(51)53-31-44(2,3)4)29-38(46-55-30-32-14-8-7-9-15-32)36-27-33(16-10-12-23-49)35(17-11-13-24-50)41(42(36)45)37-28-34(18-19-39(37)56-45)52-26-22-48-20-21-48/h6-9,14-15,18-19,27-28,33,35,40-42,49-50H,1,10-13,16-17,20-26,29-31H2,2-5H3/t33-,35+,40-,41+,42+,45+/m0/s1. The zero-order valence-electron chi connectivity index (χ0n) is 33.9. The van der Waals surface area contributed by atoms with Crippen molar-refractivity contribution < 1.29 is 38.8 Å². The van der Waals surface area contributed by atoms with Crippen molar-refractivity contribution in [2.75, 3.05) is 59.7 Å². The average Bonchev–Trinajstić information content (AvgIpc) is 4.02. The number of hydrogen-bond donors (Lipinski definition) is 2. The number of aliphatic hydroxyl groups excluding tert-OH is 2. The molecular weight excluding hydrogens is 711 g/mol. The van der Waals surface area contributed by atoms with Gasteiger partial charge in [0, 0.05) is 57.8 Å². The van der Waals surface area contributed by atoms with Crippen LogP contribution in [-0.2, 0) is 20.9 Å². The molecule has 0 radical (unpaired) electrons. The number of carbonyl (C=O) groups excluding carboxylic acids is 1. The molecule has 56 heavy (non-hydrogen) atoms. The minimum absolute atomic E-state index is 0.122. The number of hydrogen-bond acceptors (Lipinski definition) is 10. The largest absolute Gasteiger partial charge is 0.492 e. The molecule has 2 N–H and O–H groups in total. The van der Waals surface area contributed by atoms with Crippen LogP contribution in [0.25, 0.3) is 0 Å². The van der Waals surface area contributed by atoms with Gasteiger partial charge < -0.3 is 38.9 Å². The summed E-state index contributed by atoms with van der Waals surface area (Å²) in [5, 5.41) is 24.6. The molecule has 0 unspecified atom stereocenters. The number of benzene rings is 2. The fraction of sp³-hybridized carbons (Fsp3) is 0.600. The Labute approximate surface area is 333 Å².